The van der Waals surface area contributed by atoms with Gasteiger partial charge < -0.3 is 10.1 Å². The van der Waals surface area contributed by atoms with E-state index < -0.39 is 0 Å². The van der Waals surface area contributed by atoms with Crippen LogP contribution >= 0.6 is 15.9 Å². The van der Waals surface area contributed by atoms with Crippen molar-refractivity contribution in [3.8, 4) is 5.75 Å². The lowest BCUT2D eigenvalue weighted by Gasteiger charge is -2.24. The first-order valence-electron chi connectivity index (χ1n) is 6.10. The lowest BCUT2D eigenvalue weighted by atomic mass is 10.1. The van der Waals surface area contributed by atoms with E-state index >= 15 is 0 Å². The van der Waals surface area contributed by atoms with E-state index in [1.54, 1.807) is 12.4 Å². The van der Waals surface area contributed by atoms with Crippen LogP contribution in [0.2, 0.25) is 0 Å². The van der Waals surface area contributed by atoms with Crippen molar-refractivity contribution in [3.63, 3.8) is 0 Å². The van der Waals surface area contributed by atoms with Crippen LogP contribution in [0.4, 0.5) is 0 Å². The summed E-state index contributed by atoms with van der Waals surface area (Å²) in [6.45, 7) is 2.04. The molecule has 94 valence electrons. The number of pyridine rings is 2. The van der Waals surface area contributed by atoms with E-state index in [0.717, 1.165) is 47.2 Å². The Hall–Kier alpha value is -1.20. The maximum absolute atomic E-state index is 6.05. The molecule has 2 aromatic heterocycles. The van der Waals surface area contributed by atoms with Gasteiger partial charge >= 0.3 is 0 Å². The number of rotatable bonds is 2. The molecule has 0 aliphatic carbocycles. The topological polar surface area (TPSA) is 47.0 Å². The van der Waals surface area contributed by atoms with Crippen LogP contribution in [-0.2, 0) is 0 Å². The van der Waals surface area contributed by atoms with E-state index in [9.17, 15) is 0 Å². The number of piperidine rings is 1. The summed E-state index contributed by atoms with van der Waals surface area (Å²) in [5.41, 5.74) is 1.69. The van der Waals surface area contributed by atoms with Gasteiger partial charge in [0.1, 0.15) is 17.4 Å². The molecule has 2 aromatic rings. The molecule has 0 atom stereocenters. The molecule has 0 aromatic carbocycles. The van der Waals surface area contributed by atoms with Crippen molar-refractivity contribution in [1.82, 2.24) is 15.3 Å². The second kappa shape index (κ2) is 5.20. The average molecular weight is 308 g/mol. The minimum atomic E-state index is 0.280. The fourth-order valence-electron chi connectivity index (χ4n) is 2.17. The maximum Gasteiger partial charge on any atom is 0.149 e. The summed E-state index contributed by atoms with van der Waals surface area (Å²) in [6.07, 6.45) is 5.91. The number of aromatic nitrogens is 2. The molecule has 18 heavy (non-hydrogen) atoms. The predicted molar refractivity (Wildman–Crippen MR) is 73.8 cm³/mol. The molecule has 0 bridgehead atoms. The lowest BCUT2D eigenvalue weighted by Crippen LogP contribution is -2.34. The van der Waals surface area contributed by atoms with E-state index in [1.165, 1.54) is 0 Å². The van der Waals surface area contributed by atoms with Crippen LogP contribution < -0.4 is 10.1 Å². The number of nitrogens with zero attached hydrogens (tertiary/aromatic N) is 2. The Morgan fingerprint density at radius 2 is 2.11 bits per heavy atom. The fourth-order valence-corrected chi connectivity index (χ4v) is 2.49. The third-order valence-electron chi connectivity index (χ3n) is 3.09. The van der Waals surface area contributed by atoms with E-state index in [1.807, 2.05) is 12.1 Å². The highest BCUT2D eigenvalue weighted by Gasteiger charge is 2.16. The Balaban J connectivity index is 1.91. The predicted octanol–water partition coefficient (Wildman–Crippen LogP) is 2.52. The molecule has 5 heteroatoms. The zero-order valence-corrected chi connectivity index (χ0v) is 11.5. The number of fused-ring (bicyclic) bond motifs is 1. The number of hydrogen-bond acceptors (Lipinski definition) is 4. The summed E-state index contributed by atoms with van der Waals surface area (Å²) < 4.78 is 6.98. The molecule has 0 saturated carbocycles. The van der Waals surface area contributed by atoms with Crippen molar-refractivity contribution in [2.24, 2.45) is 0 Å². The molecule has 0 unspecified atom stereocenters. The maximum atomic E-state index is 6.05. The number of halogens is 1. The van der Waals surface area contributed by atoms with Gasteiger partial charge in [0.2, 0.25) is 0 Å². The smallest absolute Gasteiger partial charge is 0.149 e. The molecule has 3 rings (SSSR count). The van der Waals surface area contributed by atoms with Crippen molar-refractivity contribution < 1.29 is 4.74 Å². The van der Waals surface area contributed by atoms with Crippen LogP contribution in [0.5, 0.6) is 5.75 Å². The van der Waals surface area contributed by atoms with Crippen LogP contribution in [0, 0.1) is 0 Å². The molecule has 0 spiro atoms. The number of nitrogens with one attached hydrogen (secondary N) is 1. The Labute approximate surface area is 114 Å². The lowest BCUT2D eigenvalue weighted by molar-refractivity contribution is 0.164. The largest absolute Gasteiger partial charge is 0.488 e. The molecule has 0 amide bonds. The van der Waals surface area contributed by atoms with Crippen molar-refractivity contribution in [1.29, 1.82) is 0 Å². The average Bonchev–Trinajstić information content (AvgIpc) is 2.40. The van der Waals surface area contributed by atoms with Crippen molar-refractivity contribution in [3.05, 3.63) is 29.0 Å². The van der Waals surface area contributed by atoms with E-state index in [-0.39, 0.29) is 6.10 Å². The van der Waals surface area contributed by atoms with E-state index in [0.29, 0.717) is 0 Å². The molecule has 1 aliphatic heterocycles. The molecule has 1 N–H and O–H groups in total. The van der Waals surface area contributed by atoms with Gasteiger partial charge in [0.25, 0.3) is 0 Å². The first-order valence-corrected chi connectivity index (χ1v) is 6.90. The summed E-state index contributed by atoms with van der Waals surface area (Å²) in [6, 6.07) is 3.85. The first-order chi connectivity index (χ1) is 8.83. The van der Waals surface area contributed by atoms with Crippen LogP contribution in [0.1, 0.15) is 12.8 Å². The van der Waals surface area contributed by atoms with Crippen LogP contribution in [0.15, 0.2) is 29.0 Å². The first kappa shape index (κ1) is 11.9. The second-order valence-corrected chi connectivity index (χ2v) is 5.31. The molecule has 3 heterocycles. The highest BCUT2D eigenvalue weighted by Crippen LogP contribution is 2.26. The monoisotopic (exact) mass is 307 g/mol. The molecule has 0 radical (unpaired) electrons. The second-order valence-electron chi connectivity index (χ2n) is 4.40. The van der Waals surface area contributed by atoms with Gasteiger partial charge in [-0.05, 0) is 47.9 Å². The molecular formula is C13H14BrN3O. The Kier molecular flexibility index (Phi) is 3.43. The Morgan fingerprint density at radius 3 is 2.94 bits per heavy atom. The van der Waals surface area contributed by atoms with Crippen molar-refractivity contribution in [2.75, 3.05) is 13.1 Å². The SMILES string of the molecule is Brc1cnc2c(OC3CCNCC3)ccnc2c1. The van der Waals surface area contributed by atoms with Gasteiger partial charge in [-0.2, -0.15) is 0 Å². The Morgan fingerprint density at radius 1 is 1.28 bits per heavy atom. The summed E-state index contributed by atoms with van der Waals surface area (Å²) in [7, 11) is 0. The zero-order chi connectivity index (χ0) is 12.4. The van der Waals surface area contributed by atoms with Gasteiger partial charge in [-0.15, -0.1) is 0 Å². The number of hydrogen-bond donors (Lipinski definition) is 1. The Bertz CT molecular complexity index is 555. The van der Waals surface area contributed by atoms with Gasteiger partial charge in [-0.1, -0.05) is 0 Å². The quantitative estimate of drug-likeness (QED) is 0.926. The van der Waals surface area contributed by atoms with Crippen LogP contribution in [0.25, 0.3) is 11.0 Å². The van der Waals surface area contributed by atoms with Gasteiger partial charge in [0, 0.05) is 22.9 Å². The molecule has 4 nitrogen and oxygen atoms in total. The summed E-state index contributed by atoms with van der Waals surface area (Å²) in [4.78, 5) is 8.71. The number of ether oxygens (including phenoxy) is 1. The fraction of sp³-hybridized carbons (Fsp3) is 0.385. The molecule has 1 fully saturated rings. The van der Waals surface area contributed by atoms with E-state index in [2.05, 4.69) is 31.2 Å². The van der Waals surface area contributed by atoms with Gasteiger partial charge in [-0.3, -0.25) is 4.98 Å². The molecular weight excluding hydrogens is 294 g/mol. The molecule has 1 aliphatic rings. The third-order valence-corrected chi connectivity index (χ3v) is 3.52. The van der Waals surface area contributed by atoms with Crippen LogP contribution in [0.3, 0.4) is 0 Å². The van der Waals surface area contributed by atoms with Crippen LogP contribution in [-0.4, -0.2) is 29.2 Å². The zero-order valence-electron chi connectivity index (χ0n) is 9.90. The minimum absolute atomic E-state index is 0.280. The van der Waals surface area contributed by atoms with Crippen molar-refractivity contribution in [2.45, 2.75) is 18.9 Å². The normalized spacial score (nSPS) is 16.9. The van der Waals surface area contributed by atoms with Crippen molar-refractivity contribution >= 4 is 27.0 Å². The summed E-state index contributed by atoms with van der Waals surface area (Å²) in [5, 5.41) is 3.33. The minimum Gasteiger partial charge on any atom is -0.488 e. The van der Waals surface area contributed by atoms with Gasteiger partial charge in [0.05, 0.1) is 5.52 Å². The standard InChI is InChI=1S/C13H14BrN3O/c14-9-7-11-13(17-8-9)12(3-6-16-11)18-10-1-4-15-5-2-10/h3,6-8,10,15H,1-2,4-5H2. The van der Waals surface area contributed by atoms with Gasteiger partial charge in [-0.25, -0.2) is 4.98 Å². The van der Waals surface area contributed by atoms with Gasteiger partial charge in [0.15, 0.2) is 0 Å². The highest BCUT2D eigenvalue weighted by atomic mass is 79.9. The summed E-state index contributed by atoms with van der Waals surface area (Å²) in [5.74, 6) is 0.833. The molecule has 1 saturated heterocycles. The van der Waals surface area contributed by atoms with E-state index in [4.69, 9.17) is 4.74 Å². The highest BCUT2D eigenvalue weighted by molar-refractivity contribution is 9.10. The summed E-state index contributed by atoms with van der Waals surface area (Å²) >= 11 is 3.40. The third kappa shape index (κ3) is 2.47.